The number of halogens is 2. The number of aromatic nitrogens is 3. The van der Waals surface area contributed by atoms with E-state index in [1.165, 1.54) is 16.7 Å². The molecule has 192 valence electrons. The summed E-state index contributed by atoms with van der Waals surface area (Å²) in [5, 5.41) is 6.33. The monoisotopic (exact) mass is 517 g/mol. The Morgan fingerprint density at radius 1 is 1.19 bits per heavy atom. The second-order valence-corrected chi connectivity index (χ2v) is 8.63. The number of ether oxygens (including phenoxy) is 1. The van der Waals surface area contributed by atoms with Crippen LogP contribution in [0.1, 0.15) is 25.8 Å². The zero-order chi connectivity index (χ0) is 26.2. The van der Waals surface area contributed by atoms with Crippen LogP contribution in [0.2, 0.25) is 5.02 Å². The SMILES string of the molecule is CN=C(N)NCCCn1c(=O)nc(Nc2ccc(OC(C)C)c(F)c2)n(Cc2ccc(Cl)cc2)c1=O. The molecule has 36 heavy (non-hydrogen) atoms. The van der Waals surface area contributed by atoms with E-state index in [0.717, 1.165) is 10.1 Å². The number of nitrogens with two attached hydrogens (primary N) is 1. The van der Waals surface area contributed by atoms with Gasteiger partial charge in [-0.2, -0.15) is 4.98 Å². The molecule has 1 heterocycles. The summed E-state index contributed by atoms with van der Waals surface area (Å²) in [5.74, 6) is -0.248. The molecule has 1 aromatic heterocycles. The van der Waals surface area contributed by atoms with E-state index in [9.17, 15) is 14.0 Å². The summed E-state index contributed by atoms with van der Waals surface area (Å²) >= 11 is 5.99. The highest BCUT2D eigenvalue weighted by Crippen LogP contribution is 2.24. The quantitative estimate of drug-likeness (QED) is 0.214. The fraction of sp³-hybridized carbons (Fsp3) is 0.333. The summed E-state index contributed by atoms with van der Waals surface area (Å²) in [7, 11) is 1.55. The van der Waals surface area contributed by atoms with Crippen LogP contribution < -0.4 is 32.5 Å². The minimum atomic E-state index is -0.729. The predicted molar refractivity (Wildman–Crippen MR) is 139 cm³/mol. The first-order valence-corrected chi connectivity index (χ1v) is 11.7. The third-order valence-electron chi connectivity index (χ3n) is 5.06. The number of aliphatic imine (C=N–C) groups is 1. The van der Waals surface area contributed by atoms with Crippen LogP contribution in [0.3, 0.4) is 0 Å². The van der Waals surface area contributed by atoms with Crippen molar-refractivity contribution in [3.05, 3.63) is 79.8 Å². The van der Waals surface area contributed by atoms with Gasteiger partial charge in [0.15, 0.2) is 17.5 Å². The fourth-order valence-corrected chi connectivity index (χ4v) is 3.45. The maximum Gasteiger partial charge on any atom is 0.354 e. The highest BCUT2D eigenvalue weighted by Gasteiger charge is 2.15. The number of hydrogen-bond acceptors (Lipinski definition) is 6. The van der Waals surface area contributed by atoms with Gasteiger partial charge >= 0.3 is 11.4 Å². The standard InChI is InChI=1S/C24H29ClFN7O3/c1-15(2)36-20-10-9-18(13-19(20)26)30-22-31-23(34)32(12-4-11-29-21(27)28-3)24(35)33(22)14-16-5-7-17(25)8-6-16/h5-10,13,15H,4,11-12,14H2,1-3H3,(H3,27,28,29)(H,30,31,34). The second kappa shape index (κ2) is 12.2. The molecule has 12 heteroatoms. The predicted octanol–water partition coefficient (Wildman–Crippen LogP) is 2.70. The first kappa shape index (κ1) is 26.7. The van der Waals surface area contributed by atoms with Gasteiger partial charge in [0.2, 0.25) is 5.95 Å². The zero-order valence-electron chi connectivity index (χ0n) is 20.3. The average Bonchev–Trinajstić information content (AvgIpc) is 2.83. The van der Waals surface area contributed by atoms with Crippen LogP contribution in [0, 0.1) is 5.82 Å². The average molecular weight is 518 g/mol. The lowest BCUT2D eigenvalue weighted by atomic mass is 10.2. The summed E-state index contributed by atoms with van der Waals surface area (Å²) in [4.78, 5) is 34.0. The number of guanidine groups is 1. The lowest BCUT2D eigenvalue weighted by molar-refractivity contribution is 0.231. The molecule has 0 aliphatic heterocycles. The molecule has 0 fully saturated rings. The first-order valence-electron chi connectivity index (χ1n) is 11.3. The molecule has 0 radical (unpaired) electrons. The van der Waals surface area contributed by atoms with Crippen LogP contribution in [0.25, 0.3) is 0 Å². The van der Waals surface area contributed by atoms with E-state index >= 15 is 0 Å². The van der Waals surface area contributed by atoms with Crippen LogP contribution >= 0.6 is 11.6 Å². The Morgan fingerprint density at radius 2 is 1.92 bits per heavy atom. The van der Waals surface area contributed by atoms with Crippen molar-refractivity contribution in [3.8, 4) is 5.75 Å². The van der Waals surface area contributed by atoms with Crippen molar-refractivity contribution in [2.75, 3.05) is 18.9 Å². The molecule has 0 aliphatic carbocycles. The van der Waals surface area contributed by atoms with Gasteiger partial charge in [-0.15, -0.1) is 0 Å². The molecule has 0 saturated carbocycles. The van der Waals surface area contributed by atoms with Crippen LogP contribution in [-0.4, -0.2) is 39.8 Å². The lowest BCUT2D eigenvalue weighted by Gasteiger charge is -2.17. The van der Waals surface area contributed by atoms with Crippen molar-refractivity contribution in [2.45, 2.75) is 39.5 Å². The Morgan fingerprint density at radius 3 is 2.56 bits per heavy atom. The molecule has 0 amide bonds. The summed E-state index contributed by atoms with van der Waals surface area (Å²) in [6, 6.07) is 11.2. The zero-order valence-corrected chi connectivity index (χ0v) is 21.1. The molecule has 3 aromatic rings. The van der Waals surface area contributed by atoms with E-state index in [1.54, 1.807) is 51.2 Å². The van der Waals surface area contributed by atoms with E-state index in [2.05, 4.69) is 20.6 Å². The molecule has 4 N–H and O–H groups in total. The van der Waals surface area contributed by atoms with Crippen molar-refractivity contribution in [1.82, 2.24) is 19.4 Å². The normalized spacial score (nSPS) is 11.6. The smallest absolute Gasteiger partial charge is 0.354 e. The number of nitrogens with one attached hydrogen (secondary N) is 2. The van der Waals surface area contributed by atoms with Gasteiger partial charge < -0.3 is 21.1 Å². The summed E-state index contributed by atoms with van der Waals surface area (Å²) in [6.07, 6.45) is 0.238. The van der Waals surface area contributed by atoms with E-state index in [1.807, 2.05) is 0 Å². The number of nitrogens with zero attached hydrogens (tertiary/aromatic N) is 4. The van der Waals surface area contributed by atoms with Gasteiger partial charge in [-0.05, 0) is 50.1 Å². The third kappa shape index (κ3) is 7.08. The molecule has 0 atom stereocenters. The van der Waals surface area contributed by atoms with Gasteiger partial charge in [0.1, 0.15) is 0 Å². The largest absolute Gasteiger partial charge is 0.488 e. The van der Waals surface area contributed by atoms with E-state index in [-0.39, 0.29) is 36.9 Å². The Kier molecular flexibility index (Phi) is 9.07. The number of hydrogen-bond donors (Lipinski definition) is 3. The molecule has 3 rings (SSSR count). The maximum atomic E-state index is 14.5. The van der Waals surface area contributed by atoms with Crippen LogP contribution in [0.15, 0.2) is 57.0 Å². The molecule has 0 bridgehead atoms. The van der Waals surface area contributed by atoms with Gasteiger partial charge in [-0.3, -0.25) is 9.56 Å². The fourth-order valence-electron chi connectivity index (χ4n) is 3.32. The maximum absolute atomic E-state index is 14.5. The van der Waals surface area contributed by atoms with Crippen LogP contribution in [0.5, 0.6) is 5.75 Å². The van der Waals surface area contributed by atoms with E-state index in [4.69, 9.17) is 22.1 Å². The van der Waals surface area contributed by atoms with Crippen molar-refractivity contribution < 1.29 is 9.13 Å². The van der Waals surface area contributed by atoms with E-state index in [0.29, 0.717) is 23.7 Å². The summed E-state index contributed by atoms with van der Waals surface area (Å²) in [6.45, 7) is 4.23. The van der Waals surface area contributed by atoms with Crippen LogP contribution in [-0.2, 0) is 13.1 Å². The second-order valence-electron chi connectivity index (χ2n) is 8.19. The number of rotatable bonds is 10. The number of benzene rings is 2. The first-order chi connectivity index (χ1) is 17.2. The van der Waals surface area contributed by atoms with Crippen molar-refractivity contribution in [1.29, 1.82) is 0 Å². The van der Waals surface area contributed by atoms with Crippen molar-refractivity contribution in [3.63, 3.8) is 0 Å². The highest BCUT2D eigenvalue weighted by molar-refractivity contribution is 6.30. The molecular formula is C24H29ClFN7O3. The van der Waals surface area contributed by atoms with Gasteiger partial charge in [0.05, 0.1) is 12.6 Å². The molecule has 0 saturated heterocycles. The molecule has 0 unspecified atom stereocenters. The lowest BCUT2D eigenvalue weighted by Crippen LogP contribution is -2.43. The Balaban J connectivity index is 1.95. The molecule has 0 aliphatic rings. The summed E-state index contributed by atoms with van der Waals surface area (Å²) < 4.78 is 22.3. The number of anilines is 2. The minimum absolute atomic E-state index is 0.0198. The van der Waals surface area contributed by atoms with Crippen LogP contribution in [0.4, 0.5) is 16.0 Å². The topological polar surface area (TPSA) is 129 Å². The molecular weight excluding hydrogens is 489 g/mol. The molecule has 2 aromatic carbocycles. The Hall–Kier alpha value is -3.86. The van der Waals surface area contributed by atoms with Crippen molar-refractivity contribution >= 4 is 29.2 Å². The molecule has 0 spiro atoms. The summed E-state index contributed by atoms with van der Waals surface area (Å²) in [5.41, 5.74) is 5.38. The molecule has 10 nitrogen and oxygen atoms in total. The van der Waals surface area contributed by atoms with Gasteiger partial charge in [-0.1, -0.05) is 23.7 Å². The third-order valence-corrected chi connectivity index (χ3v) is 5.31. The van der Waals surface area contributed by atoms with Crippen molar-refractivity contribution in [2.24, 2.45) is 10.7 Å². The van der Waals surface area contributed by atoms with Gasteiger partial charge in [0.25, 0.3) is 0 Å². The Bertz CT molecular complexity index is 1340. The minimum Gasteiger partial charge on any atom is -0.488 e. The van der Waals surface area contributed by atoms with E-state index < -0.39 is 17.2 Å². The highest BCUT2D eigenvalue weighted by atomic mass is 35.5. The van der Waals surface area contributed by atoms with Gasteiger partial charge in [-0.25, -0.2) is 18.5 Å². The van der Waals surface area contributed by atoms with Gasteiger partial charge in [0, 0.05) is 36.9 Å². The Labute approximate surface area is 212 Å².